The number of nitrogens with zero attached hydrogens (tertiary/aromatic N) is 2. The second-order valence-electron chi connectivity index (χ2n) is 10.3. The Morgan fingerprint density at radius 1 is 1.07 bits per heavy atom. The summed E-state index contributed by atoms with van der Waals surface area (Å²) in [6, 6.07) is 12.7. The quantitative estimate of drug-likeness (QED) is 0.220. The van der Waals surface area contributed by atoms with Crippen molar-refractivity contribution < 1.29 is 22.7 Å². The maximum Gasteiger partial charge on any atom is 0.573 e. The van der Waals surface area contributed by atoms with Gasteiger partial charge in [-0.1, -0.05) is 46.9 Å². The molecular weight excluding hydrogens is 600 g/mol. The van der Waals surface area contributed by atoms with E-state index in [-0.39, 0.29) is 29.4 Å². The van der Waals surface area contributed by atoms with Crippen LogP contribution >= 0.6 is 34.8 Å². The van der Waals surface area contributed by atoms with Gasteiger partial charge in [-0.05, 0) is 79.5 Å². The fourth-order valence-electron chi connectivity index (χ4n) is 5.82. The molecule has 0 bridgehead atoms. The molecule has 1 aromatic heterocycles. The first kappa shape index (κ1) is 29.7. The van der Waals surface area contributed by atoms with Crippen molar-refractivity contribution in [3.8, 4) is 5.75 Å². The van der Waals surface area contributed by atoms with Gasteiger partial charge in [0, 0.05) is 24.4 Å². The number of halogens is 6. The average molecular weight is 627 g/mol. The Kier molecular flexibility index (Phi) is 8.55. The Balaban J connectivity index is 1.55. The molecule has 2 aliphatic rings. The number of aromatic nitrogens is 1. The highest BCUT2D eigenvalue weighted by Crippen LogP contribution is 2.51. The minimum absolute atomic E-state index is 0.127. The van der Waals surface area contributed by atoms with E-state index in [0.29, 0.717) is 58.9 Å². The van der Waals surface area contributed by atoms with Crippen LogP contribution in [0, 0.1) is 0 Å². The number of amides is 2. The lowest BCUT2D eigenvalue weighted by atomic mass is 9.74. The smallest absolute Gasteiger partial charge is 0.406 e. The minimum Gasteiger partial charge on any atom is -0.406 e. The van der Waals surface area contributed by atoms with Crippen LogP contribution in [0.4, 0.5) is 23.7 Å². The zero-order valence-corrected chi connectivity index (χ0v) is 24.0. The van der Waals surface area contributed by atoms with Crippen LogP contribution in [0.2, 0.25) is 15.2 Å². The third-order valence-corrected chi connectivity index (χ3v) is 8.61. The van der Waals surface area contributed by atoms with Gasteiger partial charge in [-0.3, -0.25) is 0 Å². The summed E-state index contributed by atoms with van der Waals surface area (Å²) < 4.78 is 43.6. The molecule has 2 aromatic carbocycles. The number of ether oxygens (including phenoxy) is 1. The van der Waals surface area contributed by atoms with Gasteiger partial charge in [-0.15, -0.1) is 13.2 Å². The largest absolute Gasteiger partial charge is 0.573 e. The molecule has 1 fully saturated rings. The highest BCUT2D eigenvalue weighted by Gasteiger charge is 2.57. The predicted molar refractivity (Wildman–Crippen MR) is 155 cm³/mol. The Morgan fingerprint density at radius 2 is 1.85 bits per heavy atom. The van der Waals surface area contributed by atoms with Gasteiger partial charge in [0.1, 0.15) is 29.7 Å². The van der Waals surface area contributed by atoms with E-state index < -0.39 is 11.8 Å². The maximum absolute atomic E-state index is 14.2. The van der Waals surface area contributed by atoms with Gasteiger partial charge < -0.3 is 15.4 Å². The molecule has 0 radical (unpaired) electrons. The van der Waals surface area contributed by atoms with Crippen molar-refractivity contribution in [3.05, 3.63) is 92.7 Å². The van der Waals surface area contributed by atoms with E-state index in [2.05, 4.69) is 20.4 Å². The van der Waals surface area contributed by atoms with Crippen LogP contribution in [-0.4, -0.2) is 43.6 Å². The van der Waals surface area contributed by atoms with Crippen LogP contribution in [0.1, 0.15) is 29.5 Å². The van der Waals surface area contributed by atoms with Crippen molar-refractivity contribution in [1.29, 1.82) is 0 Å². The molecule has 3 aromatic rings. The lowest BCUT2D eigenvalue weighted by Crippen LogP contribution is -2.60. The minimum atomic E-state index is -4.83. The fraction of sp³-hybridized carbons (Fsp3) is 0.310. The standard InChI is InChI=1S/C29H26Cl3F3N4O2/c30-23-5-3-19(14-24(23)31)2-1-13-39(27(40)38-17-20-7-10-37-26(32)15-20)18-28(8-11-36-12-9-28)22-16-21(4-6-25(22)39)41-29(33,34)35/h1-7,10,14-16,36H,8-9,11-13,17-18H2/p+1/b2-1+. The number of carbonyl (C=O) groups is 1. The summed E-state index contributed by atoms with van der Waals surface area (Å²) in [5.74, 6) is -0.299. The number of pyridine rings is 1. The Hall–Kier alpha value is -2.82. The number of hydrogen-bond donors (Lipinski definition) is 2. The van der Waals surface area contributed by atoms with E-state index in [0.717, 1.165) is 11.1 Å². The molecule has 0 aliphatic carbocycles. The summed E-state index contributed by atoms with van der Waals surface area (Å²) in [6.45, 7) is 2.20. The summed E-state index contributed by atoms with van der Waals surface area (Å²) in [4.78, 5) is 18.2. The van der Waals surface area contributed by atoms with Crippen molar-refractivity contribution in [3.63, 3.8) is 0 Å². The van der Waals surface area contributed by atoms with Crippen LogP contribution < -0.4 is 19.9 Å². The van der Waals surface area contributed by atoms with Crippen molar-refractivity contribution in [2.75, 3.05) is 26.2 Å². The first-order chi connectivity index (χ1) is 19.5. The second-order valence-corrected chi connectivity index (χ2v) is 11.5. The molecule has 1 spiro atoms. The second kappa shape index (κ2) is 11.8. The summed E-state index contributed by atoms with van der Waals surface area (Å²) in [5.41, 5.74) is 2.40. The zero-order chi connectivity index (χ0) is 29.3. The third kappa shape index (κ3) is 6.49. The van der Waals surface area contributed by atoms with E-state index in [1.165, 1.54) is 12.1 Å². The number of alkyl halides is 3. The van der Waals surface area contributed by atoms with Gasteiger partial charge in [0.15, 0.2) is 0 Å². The number of fused-ring (bicyclic) bond motifs is 2. The van der Waals surface area contributed by atoms with Crippen molar-refractivity contribution in [2.45, 2.75) is 31.2 Å². The molecular formula is C29H27Cl3F3N4O2+. The molecule has 2 aliphatic heterocycles. The van der Waals surface area contributed by atoms with E-state index in [1.807, 2.05) is 18.2 Å². The highest BCUT2D eigenvalue weighted by atomic mass is 35.5. The van der Waals surface area contributed by atoms with Crippen LogP contribution in [0.25, 0.3) is 6.08 Å². The number of benzene rings is 2. The monoisotopic (exact) mass is 625 g/mol. The number of carbonyl (C=O) groups excluding carboxylic acids is 1. The topological polar surface area (TPSA) is 63.2 Å². The van der Waals surface area contributed by atoms with Crippen LogP contribution in [0.5, 0.6) is 5.75 Å². The van der Waals surface area contributed by atoms with Gasteiger partial charge >= 0.3 is 12.4 Å². The zero-order valence-electron chi connectivity index (χ0n) is 21.8. The van der Waals surface area contributed by atoms with Crippen LogP contribution in [-0.2, 0) is 12.0 Å². The van der Waals surface area contributed by atoms with Gasteiger partial charge in [0.2, 0.25) is 0 Å². The lowest BCUT2D eigenvalue weighted by Gasteiger charge is -2.36. The Bertz CT molecular complexity index is 1480. The van der Waals surface area contributed by atoms with Gasteiger partial charge in [0.25, 0.3) is 0 Å². The highest BCUT2D eigenvalue weighted by molar-refractivity contribution is 6.42. The molecule has 0 saturated carbocycles. The SMILES string of the molecule is O=C(NCc1ccnc(Cl)c1)[N+]1(C/C=C/c2ccc(Cl)c(Cl)c2)CC2(CCNCC2)c2cc(OC(F)(F)F)ccc21. The van der Waals surface area contributed by atoms with Crippen molar-refractivity contribution in [2.24, 2.45) is 0 Å². The summed E-state index contributed by atoms with van der Waals surface area (Å²) >= 11 is 18.3. The number of quaternary nitrogens is 1. The number of hydrogen-bond acceptors (Lipinski definition) is 4. The number of urea groups is 1. The fourth-order valence-corrected chi connectivity index (χ4v) is 6.33. The molecule has 1 unspecified atom stereocenters. The van der Waals surface area contributed by atoms with Gasteiger partial charge in [0.05, 0.1) is 15.5 Å². The first-order valence-electron chi connectivity index (χ1n) is 13.0. The van der Waals surface area contributed by atoms with Crippen molar-refractivity contribution >= 4 is 52.6 Å². The van der Waals surface area contributed by atoms with Crippen LogP contribution in [0.15, 0.2) is 60.8 Å². The number of nitrogens with one attached hydrogen (secondary N) is 2. The van der Waals surface area contributed by atoms with Gasteiger partial charge in [-0.2, -0.15) is 0 Å². The molecule has 1 saturated heterocycles. The molecule has 3 heterocycles. The lowest BCUT2D eigenvalue weighted by molar-refractivity contribution is -0.274. The molecule has 6 nitrogen and oxygen atoms in total. The van der Waals surface area contributed by atoms with E-state index in [1.54, 1.807) is 36.5 Å². The van der Waals surface area contributed by atoms with Crippen molar-refractivity contribution in [1.82, 2.24) is 20.1 Å². The molecule has 41 heavy (non-hydrogen) atoms. The molecule has 2 amide bonds. The van der Waals surface area contributed by atoms with Gasteiger partial charge in [-0.25, -0.2) is 14.3 Å². The van der Waals surface area contributed by atoms with E-state index in [9.17, 15) is 18.0 Å². The summed E-state index contributed by atoms with van der Waals surface area (Å²) in [5, 5.41) is 7.51. The van der Waals surface area contributed by atoms with E-state index >= 15 is 0 Å². The first-order valence-corrected chi connectivity index (χ1v) is 14.1. The molecule has 12 heteroatoms. The average Bonchev–Trinajstić information content (AvgIpc) is 3.18. The normalized spacial score (nSPS) is 19.9. The molecule has 2 N–H and O–H groups in total. The molecule has 1 atom stereocenters. The number of rotatable bonds is 6. The number of piperidine rings is 1. The Morgan fingerprint density at radius 3 is 2.56 bits per heavy atom. The molecule has 216 valence electrons. The Labute approximate surface area is 250 Å². The van der Waals surface area contributed by atoms with E-state index in [4.69, 9.17) is 34.8 Å². The predicted octanol–water partition coefficient (Wildman–Crippen LogP) is 7.51. The molecule has 5 rings (SSSR count). The maximum atomic E-state index is 14.2. The van der Waals surface area contributed by atoms with Crippen LogP contribution in [0.3, 0.4) is 0 Å². The summed E-state index contributed by atoms with van der Waals surface area (Å²) in [7, 11) is 0. The summed E-state index contributed by atoms with van der Waals surface area (Å²) in [6.07, 6.45) is 1.80. The third-order valence-electron chi connectivity index (χ3n) is 7.66.